The second kappa shape index (κ2) is 2.85. The minimum atomic E-state index is 0.00231. The Balaban J connectivity index is 2.50. The van der Waals surface area contributed by atoms with Crippen molar-refractivity contribution < 1.29 is 9.69 Å². The van der Waals surface area contributed by atoms with Crippen LogP contribution in [0.25, 0.3) is 0 Å². The third-order valence-electron chi connectivity index (χ3n) is 1.40. The Morgan fingerprint density at radius 2 is 2.33 bits per heavy atom. The van der Waals surface area contributed by atoms with Gasteiger partial charge in [0.05, 0.1) is 6.61 Å². The van der Waals surface area contributed by atoms with Gasteiger partial charge in [0.2, 0.25) is 0 Å². The highest BCUT2D eigenvalue weighted by Gasteiger charge is 2.29. The summed E-state index contributed by atoms with van der Waals surface area (Å²) in [6.07, 6.45) is 1.82. The van der Waals surface area contributed by atoms with E-state index < -0.39 is 0 Å². The molecule has 1 fully saturated rings. The monoisotopic (exact) mass is 124 g/mol. The molecule has 0 radical (unpaired) electrons. The average Bonchev–Trinajstić information content (AvgIpc) is 2.33. The molecule has 1 atom stereocenters. The zero-order valence-electron chi connectivity index (χ0n) is 5.25. The van der Waals surface area contributed by atoms with E-state index in [1.807, 2.05) is 6.08 Å². The third-order valence-corrected chi connectivity index (χ3v) is 1.40. The molecule has 0 aromatic rings. The highest BCUT2D eigenvalue weighted by Crippen LogP contribution is 2.20. The van der Waals surface area contributed by atoms with Crippen molar-refractivity contribution in [1.82, 2.24) is 0 Å². The quantitative estimate of drug-likeness (QED) is 0.313. The van der Waals surface area contributed by atoms with Crippen LogP contribution in [0.15, 0.2) is 25.2 Å². The Morgan fingerprint density at radius 3 is 2.78 bits per heavy atom. The van der Waals surface area contributed by atoms with Gasteiger partial charge in [0, 0.05) is 5.82 Å². The van der Waals surface area contributed by atoms with E-state index in [-0.39, 0.29) is 12.7 Å². The van der Waals surface area contributed by atoms with Crippen LogP contribution in [0.1, 0.15) is 0 Å². The van der Waals surface area contributed by atoms with Crippen LogP contribution in [0.3, 0.4) is 0 Å². The first-order valence-corrected chi connectivity index (χ1v) is 2.92. The van der Waals surface area contributed by atoms with Crippen molar-refractivity contribution in [2.24, 2.45) is 0 Å². The van der Waals surface area contributed by atoms with Crippen molar-refractivity contribution in [2.45, 2.75) is 5.82 Å². The zero-order valence-corrected chi connectivity index (χ0v) is 5.25. The van der Waals surface area contributed by atoms with E-state index in [1.165, 1.54) is 0 Å². The number of hydrogen-bond donors (Lipinski definition) is 0. The molecule has 1 rings (SSSR count). The van der Waals surface area contributed by atoms with Crippen molar-refractivity contribution in [3.63, 3.8) is 0 Å². The Hall–Kier alpha value is -0.535. The Kier molecular flexibility index (Phi) is 2.08. The van der Waals surface area contributed by atoms with Crippen molar-refractivity contribution in [1.29, 1.82) is 0 Å². The van der Waals surface area contributed by atoms with E-state index in [0.29, 0.717) is 6.61 Å². The van der Waals surface area contributed by atoms with E-state index in [2.05, 4.69) is 13.2 Å². The lowest BCUT2D eigenvalue weighted by Gasteiger charge is -1.97. The molecule has 0 N–H and O–H groups in total. The fourth-order valence-corrected chi connectivity index (χ4v) is 0.779. The van der Waals surface area contributed by atoms with E-state index >= 15 is 0 Å². The smallest absolute Gasteiger partial charge is 0.298 e. The fraction of sp³-hybridized carbons (Fsp3) is 0.333. The molecule has 0 aromatic heterocycles. The molecule has 0 amide bonds. The van der Waals surface area contributed by atoms with E-state index in [9.17, 15) is 0 Å². The van der Waals surface area contributed by atoms with Crippen molar-refractivity contribution in [3.8, 4) is 0 Å². The molecule has 1 aliphatic rings. The van der Waals surface area contributed by atoms with E-state index in [4.69, 9.17) is 9.69 Å². The van der Waals surface area contributed by atoms with Gasteiger partial charge in [-0.3, -0.25) is 9.69 Å². The van der Waals surface area contributed by atoms with Gasteiger partial charge in [-0.1, -0.05) is 12.1 Å². The lowest BCUT2D eigenvalue weighted by atomic mass is 9.57. The van der Waals surface area contributed by atoms with Crippen LogP contribution in [-0.2, 0) is 9.69 Å². The summed E-state index contributed by atoms with van der Waals surface area (Å²) in [5.41, 5.74) is 0. The molecule has 1 heterocycles. The molecule has 0 aliphatic carbocycles. The molecule has 3 heteroatoms. The number of rotatable bonds is 2. The average molecular weight is 124 g/mol. The first-order chi connectivity index (χ1) is 4.38. The van der Waals surface area contributed by atoms with Gasteiger partial charge in [-0.2, -0.15) is 0 Å². The van der Waals surface area contributed by atoms with Crippen LogP contribution in [0.5, 0.6) is 0 Å². The molecule has 0 spiro atoms. The maximum atomic E-state index is 4.82. The molecular weight excluding hydrogens is 115 g/mol. The largest absolute Gasteiger partial charge is 0.374 e. The Morgan fingerprint density at radius 1 is 1.56 bits per heavy atom. The first-order valence-electron chi connectivity index (χ1n) is 2.92. The molecular formula is C6H9BO2. The van der Waals surface area contributed by atoms with Crippen molar-refractivity contribution in [2.75, 3.05) is 6.61 Å². The topological polar surface area (TPSA) is 18.5 Å². The van der Waals surface area contributed by atoms with Gasteiger partial charge in [0.1, 0.15) is 0 Å². The summed E-state index contributed by atoms with van der Waals surface area (Å²) in [7, 11) is 0. The second-order valence-corrected chi connectivity index (χ2v) is 1.98. The maximum Gasteiger partial charge on any atom is 0.374 e. The van der Waals surface area contributed by atoms with Crippen LogP contribution in [0.2, 0.25) is 5.82 Å². The summed E-state index contributed by atoms with van der Waals surface area (Å²) < 4.78 is 0. The standard InChI is InChI=1S/C6H9BO2/c1-3-6-5-8-9-7(6)4-2/h3-4,6H,1-2,5H2. The van der Waals surface area contributed by atoms with E-state index in [1.54, 1.807) is 5.98 Å². The van der Waals surface area contributed by atoms with Crippen LogP contribution in [0, 0.1) is 0 Å². The molecule has 1 aliphatic heterocycles. The highest BCUT2D eigenvalue weighted by atomic mass is 17.2. The van der Waals surface area contributed by atoms with Gasteiger partial charge in [0.25, 0.3) is 0 Å². The maximum absolute atomic E-state index is 4.82. The summed E-state index contributed by atoms with van der Waals surface area (Å²) in [6.45, 7) is 7.82. The zero-order chi connectivity index (χ0) is 6.69. The molecule has 2 nitrogen and oxygen atoms in total. The summed E-state index contributed by atoms with van der Waals surface area (Å²) in [5, 5.41) is 0. The molecule has 9 heavy (non-hydrogen) atoms. The lowest BCUT2D eigenvalue weighted by Crippen LogP contribution is -2.12. The predicted molar refractivity (Wildman–Crippen MR) is 36.9 cm³/mol. The summed E-state index contributed by atoms with van der Waals surface area (Å²) >= 11 is 0. The van der Waals surface area contributed by atoms with Gasteiger partial charge >= 0.3 is 6.92 Å². The van der Waals surface area contributed by atoms with Crippen LogP contribution >= 0.6 is 0 Å². The lowest BCUT2D eigenvalue weighted by molar-refractivity contribution is -0.185. The van der Waals surface area contributed by atoms with Crippen LogP contribution < -0.4 is 0 Å². The van der Waals surface area contributed by atoms with Gasteiger partial charge in [-0.15, -0.1) is 13.2 Å². The van der Waals surface area contributed by atoms with Crippen molar-refractivity contribution in [3.05, 3.63) is 25.2 Å². The molecule has 1 unspecified atom stereocenters. The first kappa shape index (κ1) is 6.58. The third kappa shape index (κ3) is 1.23. The van der Waals surface area contributed by atoms with Gasteiger partial charge < -0.3 is 0 Å². The highest BCUT2D eigenvalue weighted by molar-refractivity contribution is 6.60. The summed E-state index contributed by atoms with van der Waals surface area (Å²) in [6, 6.07) is 0. The van der Waals surface area contributed by atoms with Gasteiger partial charge in [-0.25, -0.2) is 0 Å². The molecule has 0 aromatic carbocycles. The molecule has 1 saturated heterocycles. The predicted octanol–water partition coefficient (Wildman–Crippen LogP) is 1.22. The van der Waals surface area contributed by atoms with E-state index in [0.717, 1.165) is 0 Å². The molecule has 0 bridgehead atoms. The summed E-state index contributed by atoms with van der Waals surface area (Å²) in [5.74, 6) is 2.00. The summed E-state index contributed by atoms with van der Waals surface area (Å²) in [4.78, 5) is 9.53. The van der Waals surface area contributed by atoms with Crippen LogP contribution in [0.4, 0.5) is 0 Å². The fourth-order valence-electron chi connectivity index (χ4n) is 0.779. The normalized spacial score (nSPS) is 26.2. The van der Waals surface area contributed by atoms with Crippen molar-refractivity contribution >= 4 is 6.92 Å². The minimum absolute atomic E-state index is 0.00231. The minimum Gasteiger partial charge on any atom is -0.298 e. The SMILES string of the molecule is C=CB1OOCC1C=C. The Bertz CT molecular complexity index is 110. The molecule has 0 saturated carbocycles. The van der Waals surface area contributed by atoms with Gasteiger partial charge in [-0.05, 0) is 0 Å². The second-order valence-electron chi connectivity index (χ2n) is 1.98. The number of hydrogen-bond acceptors (Lipinski definition) is 2. The van der Waals surface area contributed by atoms with Crippen LogP contribution in [-0.4, -0.2) is 13.5 Å². The molecule has 48 valence electrons. The Labute approximate surface area is 55.2 Å². The van der Waals surface area contributed by atoms with Gasteiger partial charge in [0.15, 0.2) is 0 Å².